The number of thiazole rings is 1. The SMILES string of the molecule is CCOc1c(Br)cc(CNCCc2cscn2)cc1OC. The Kier molecular flexibility index (Phi) is 6.48. The quantitative estimate of drug-likeness (QED) is 0.720. The van der Waals surface area contributed by atoms with Crippen LogP contribution in [0.3, 0.4) is 0 Å². The lowest BCUT2D eigenvalue weighted by Crippen LogP contribution is -2.17. The molecule has 0 atom stereocenters. The van der Waals surface area contributed by atoms with E-state index in [2.05, 4.69) is 37.7 Å². The Morgan fingerprint density at radius 2 is 2.24 bits per heavy atom. The highest BCUT2D eigenvalue weighted by Gasteiger charge is 2.11. The molecule has 6 heteroatoms. The zero-order valence-corrected chi connectivity index (χ0v) is 14.6. The van der Waals surface area contributed by atoms with Crippen LogP contribution in [0.5, 0.6) is 11.5 Å². The van der Waals surface area contributed by atoms with Crippen molar-refractivity contribution in [1.82, 2.24) is 10.3 Å². The van der Waals surface area contributed by atoms with E-state index in [1.54, 1.807) is 18.4 Å². The van der Waals surface area contributed by atoms with Crippen LogP contribution in [0.2, 0.25) is 0 Å². The fourth-order valence-electron chi connectivity index (χ4n) is 1.97. The number of ether oxygens (including phenoxy) is 2. The summed E-state index contributed by atoms with van der Waals surface area (Å²) in [6.45, 7) is 4.25. The second-order valence-corrected chi connectivity index (χ2v) is 6.02. The van der Waals surface area contributed by atoms with Gasteiger partial charge in [0.1, 0.15) is 0 Å². The summed E-state index contributed by atoms with van der Waals surface area (Å²) in [5.41, 5.74) is 4.16. The third kappa shape index (κ3) is 4.69. The van der Waals surface area contributed by atoms with Gasteiger partial charge < -0.3 is 14.8 Å². The number of nitrogens with one attached hydrogen (secondary N) is 1. The highest BCUT2D eigenvalue weighted by Crippen LogP contribution is 2.36. The van der Waals surface area contributed by atoms with Crippen molar-refractivity contribution in [2.45, 2.75) is 19.9 Å². The maximum absolute atomic E-state index is 5.59. The summed E-state index contributed by atoms with van der Waals surface area (Å²) in [6.07, 6.45) is 0.943. The molecule has 0 saturated heterocycles. The molecule has 21 heavy (non-hydrogen) atoms. The maximum atomic E-state index is 5.59. The van der Waals surface area contributed by atoms with Gasteiger partial charge in [-0.3, -0.25) is 0 Å². The Morgan fingerprint density at radius 3 is 2.90 bits per heavy atom. The van der Waals surface area contributed by atoms with Crippen LogP contribution in [-0.4, -0.2) is 25.2 Å². The molecule has 0 aliphatic rings. The summed E-state index contributed by atoms with van der Waals surface area (Å²) >= 11 is 5.17. The molecule has 0 amide bonds. The van der Waals surface area contributed by atoms with Crippen molar-refractivity contribution in [3.63, 3.8) is 0 Å². The molecular weight excluding hydrogens is 352 g/mol. The van der Waals surface area contributed by atoms with Crippen molar-refractivity contribution in [1.29, 1.82) is 0 Å². The predicted molar refractivity (Wildman–Crippen MR) is 89.4 cm³/mol. The molecule has 0 spiro atoms. The number of hydrogen-bond acceptors (Lipinski definition) is 5. The van der Waals surface area contributed by atoms with Gasteiger partial charge in [-0.05, 0) is 40.5 Å². The van der Waals surface area contributed by atoms with Crippen LogP contribution < -0.4 is 14.8 Å². The minimum absolute atomic E-state index is 0.611. The van der Waals surface area contributed by atoms with Gasteiger partial charge in [0, 0.05) is 24.9 Å². The van der Waals surface area contributed by atoms with Crippen molar-refractivity contribution in [3.05, 3.63) is 38.8 Å². The Balaban J connectivity index is 1.92. The number of benzene rings is 1. The van der Waals surface area contributed by atoms with Crippen LogP contribution in [0, 0.1) is 0 Å². The number of rotatable bonds is 8. The average Bonchev–Trinajstić information content (AvgIpc) is 2.99. The third-order valence-electron chi connectivity index (χ3n) is 2.95. The van der Waals surface area contributed by atoms with E-state index in [-0.39, 0.29) is 0 Å². The van der Waals surface area contributed by atoms with Gasteiger partial charge in [0.25, 0.3) is 0 Å². The molecule has 1 aromatic carbocycles. The molecule has 1 heterocycles. The zero-order chi connectivity index (χ0) is 15.1. The molecule has 1 aromatic heterocycles. The zero-order valence-electron chi connectivity index (χ0n) is 12.2. The molecule has 1 N–H and O–H groups in total. The van der Waals surface area contributed by atoms with E-state index in [0.717, 1.165) is 46.7 Å². The Bertz CT molecular complexity index is 561. The summed E-state index contributed by atoms with van der Waals surface area (Å²) in [7, 11) is 1.66. The number of hydrogen-bond donors (Lipinski definition) is 1. The van der Waals surface area contributed by atoms with E-state index in [9.17, 15) is 0 Å². The van der Waals surface area contributed by atoms with Gasteiger partial charge in [0.2, 0.25) is 0 Å². The first-order chi connectivity index (χ1) is 10.2. The highest BCUT2D eigenvalue weighted by atomic mass is 79.9. The fraction of sp³-hybridized carbons (Fsp3) is 0.400. The minimum Gasteiger partial charge on any atom is -0.493 e. The van der Waals surface area contributed by atoms with Crippen molar-refractivity contribution in [3.8, 4) is 11.5 Å². The second-order valence-electron chi connectivity index (χ2n) is 4.45. The van der Waals surface area contributed by atoms with Gasteiger partial charge in [-0.25, -0.2) is 4.98 Å². The molecule has 0 bridgehead atoms. The lowest BCUT2D eigenvalue weighted by Gasteiger charge is -2.13. The van der Waals surface area contributed by atoms with Crippen LogP contribution in [0.15, 0.2) is 27.5 Å². The number of aromatic nitrogens is 1. The lowest BCUT2D eigenvalue weighted by molar-refractivity contribution is 0.308. The molecule has 2 aromatic rings. The Labute approximate surface area is 137 Å². The molecule has 0 aliphatic carbocycles. The first-order valence-corrected chi connectivity index (χ1v) is 8.55. The van der Waals surface area contributed by atoms with E-state index in [1.165, 1.54) is 0 Å². The maximum Gasteiger partial charge on any atom is 0.175 e. The van der Waals surface area contributed by atoms with Gasteiger partial charge in [0.15, 0.2) is 11.5 Å². The molecule has 2 rings (SSSR count). The van der Waals surface area contributed by atoms with Crippen LogP contribution in [-0.2, 0) is 13.0 Å². The van der Waals surface area contributed by atoms with E-state index in [4.69, 9.17) is 9.47 Å². The largest absolute Gasteiger partial charge is 0.493 e. The highest BCUT2D eigenvalue weighted by molar-refractivity contribution is 9.10. The summed E-state index contributed by atoms with van der Waals surface area (Å²) in [6, 6.07) is 4.06. The first kappa shape index (κ1) is 16.3. The van der Waals surface area contributed by atoms with Gasteiger partial charge >= 0.3 is 0 Å². The van der Waals surface area contributed by atoms with Gasteiger partial charge in [0.05, 0.1) is 29.4 Å². The standard InChI is InChI=1S/C15H19BrN2O2S/c1-3-20-15-13(16)6-11(7-14(15)19-2)8-17-5-4-12-9-21-10-18-12/h6-7,9-10,17H,3-5,8H2,1-2H3. The van der Waals surface area contributed by atoms with Crippen molar-refractivity contribution >= 4 is 27.3 Å². The monoisotopic (exact) mass is 370 g/mol. The summed E-state index contributed by atoms with van der Waals surface area (Å²) < 4.78 is 11.9. The number of halogens is 1. The van der Waals surface area contributed by atoms with Gasteiger partial charge in [-0.2, -0.15) is 0 Å². The van der Waals surface area contributed by atoms with Crippen LogP contribution in [0.25, 0.3) is 0 Å². The summed E-state index contributed by atoms with van der Waals surface area (Å²) in [4.78, 5) is 4.27. The van der Waals surface area contributed by atoms with Crippen LogP contribution in [0.4, 0.5) is 0 Å². The minimum atomic E-state index is 0.611. The lowest BCUT2D eigenvalue weighted by atomic mass is 10.2. The number of methoxy groups -OCH3 is 1. The van der Waals surface area contributed by atoms with Crippen molar-refractivity contribution in [2.24, 2.45) is 0 Å². The second kappa shape index (κ2) is 8.36. The molecule has 0 unspecified atom stereocenters. The summed E-state index contributed by atoms with van der Waals surface area (Å²) in [5, 5.41) is 5.50. The molecule has 0 saturated carbocycles. The Hall–Kier alpha value is -1.11. The molecule has 4 nitrogen and oxygen atoms in total. The molecule has 114 valence electrons. The third-order valence-corrected chi connectivity index (χ3v) is 4.17. The van der Waals surface area contributed by atoms with E-state index in [0.29, 0.717) is 6.61 Å². The first-order valence-electron chi connectivity index (χ1n) is 6.81. The normalized spacial score (nSPS) is 10.6. The average molecular weight is 371 g/mol. The van der Waals surface area contributed by atoms with Gasteiger partial charge in [-0.15, -0.1) is 11.3 Å². The van der Waals surface area contributed by atoms with Gasteiger partial charge in [-0.1, -0.05) is 0 Å². The predicted octanol–water partition coefficient (Wildman–Crippen LogP) is 3.65. The Morgan fingerprint density at radius 1 is 1.38 bits per heavy atom. The fourth-order valence-corrected chi connectivity index (χ4v) is 3.17. The molecule has 0 aliphatic heterocycles. The molecule has 0 radical (unpaired) electrons. The molecular formula is C15H19BrN2O2S. The van der Waals surface area contributed by atoms with E-state index in [1.807, 2.05) is 18.5 Å². The van der Waals surface area contributed by atoms with Crippen LogP contribution >= 0.6 is 27.3 Å². The summed E-state index contributed by atoms with van der Waals surface area (Å²) in [5.74, 6) is 1.51. The topological polar surface area (TPSA) is 43.4 Å². The van der Waals surface area contributed by atoms with Crippen molar-refractivity contribution in [2.75, 3.05) is 20.3 Å². The van der Waals surface area contributed by atoms with Crippen LogP contribution in [0.1, 0.15) is 18.2 Å². The smallest absolute Gasteiger partial charge is 0.175 e. The number of nitrogens with zero attached hydrogens (tertiary/aromatic N) is 1. The van der Waals surface area contributed by atoms with E-state index < -0.39 is 0 Å². The van der Waals surface area contributed by atoms with Crippen molar-refractivity contribution < 1.29 is 9.47 Å². The van der Waals surface area contributed by atoms with E-state index >= 15 is 0 Å². The molecule has 0 fully saturated rings.